The highest BCUT2D eigenvalue weighted by Crippen LogP contribution is 2.33. The van der Waals surface area contributed by atoms with Crippen LogP contribution in [0.5, 0.6) is 5.88 Å². The minimum absolute atomic E-state index is 0.0216. The van der Waals surface area contributed by atoms with E-state index in [1.54, 1.807) is 37.3 Å². The van der Waals surface area contributed by atoms with E-state index in [2.05, 4.69) is 20.3 Å². The second kappa shape index (κ2) is 14.6. The first kappa shape index (κ1) is 31.9. The second-order valence-corrected chi connectivity index (χ2v) is 12.1. The number of anilines is 1. The van der Waals surface area contributed by atoms with Crippen LogP contribution in [0.1, 0.15) is 57.7 Å². The van der Waals surface area contributed by atoms with Crippen LogP contribution in [-0.2, 0) is 14.3 Å². The molecule has 2 aliphatic heterocycles. The Labute approximate surface area is 266 Å². The van der Waals surface area contributed by atoms with Crippen LogP contribution >= 0.6 is 0 Å². The standard InChI is InChI=1S/C32H41F2N7O5/c1-2-45-32(43)35-23-11-13-39(14-12-23)30(42)22-9-7-21(8-10-22)20-46-27-19-26(37-31(38-27)40-15-17-44-18-16-40)41-25-6-4-3-5-24(25)36-29(41)28(33)34/h3-6,19,21-23,28H,2,7-18,20H2,1H3,(H,35,43). The van der Waals surface area contributed by atoms with Gasteiger partial charge in [-0.1, -0.05) is 12.1 Å². The van der Waals surface area contributed by atoms with E-state index in [9.17, 15) is 18.4 Å². The molecule has 0 unspecified atom stereocenters. The number of hydrogen-bond donors (Lipinski definition) is 1. The minimum Gasteiger partial charge on any atom is -0.477 e. The van der Waals surface area contributed by atoms with Gasteiger partial charge in [-0.3, -0.25) is 9.36 Å². The van der Waals surface area contributed by atoms with Crippen molar-refractivity contribution in [3.8, 4) is 11.7 Å². The Morgan fingerprint density at radius 1 is 1.00 bits per heavy atom. The van der Waals surface area contributed by atoms with E-state index < -0.39 is 12.5 Å². The number of morpholine rings is 1. The monoisotopic (exact) mass is 641 g/mol. The Morgan fingerprint density at radius 3 is 2.46 bits per heavy atom. The van der Waals surface area contributed by atoms with Crippen LogP contribution in [0.15, 0.2) is 30.3 Å². The third-order valence-electron chi connectivity index (χ3n) is 9.05. The second-order valence-electron chi connectivity index (χ2n) is 12.1. The van der Waals surface area contributed by atoms with E-state index in [1.165, 1.54) is 4.57 Å². The van der Waals surface area contributed by atoms with Crippen molar-refractivity contribution >= 4 is 29.0 Å². The van der Waals surface area contributed by atoms with Gasteiger partial charge in [0.25, 0.3) is 6.43 Å². The predicted octanol–water partition coefficient (Wildman–Crippen LogP) is 4.51. The highest BCUT2D eigenvalue weighted by molar-refractivity contribution is 5.79. The molecule has 248 valence electrons. The number of hydrogen-bond acceptors (Lipinski definition) is 9. The zero-order chi connectivity index (χ0) is 32.0. The van der Waals surface area contributed by atoms with Gasteiger partial charge in [0.15, 0.2) is 5.82 Å². The summed E-state index contributed by atoms with van der Waals surface area (Å²) in [5.74, 6) is 0.983. The maximum absolute atomic E-state index is 14.2. The Hall–Kier alpha value is -4.07. The zero-order valence-electron chi connectivity index (χ0n) is 26.1. The number of nitrogens with zero attached hydrogens (tertiary/aromatic N) is 6. The number of halogens is 2. The van der Waals surface area contributed by atoms with Gasteiger partial charge in [-0.15, -0.1) is 0 Å². The van der Waals surface area contributed by atoms with E-state index in [4.69, 9.17) is 14.2 Å². The molecule has 6 rings (SSSR count). The quantitative estimate of drug-likeness (QED) is 0.359. The first-order valence-electron chi connectivity index (χ1n) is 16.2. The molecule has 46 heavy (non-hydrogen) atoms. The summed E-state index contributed by atoms with van der Waals surface area (Å²) in [6.45, 7) is 5.94. The van der Waals surface area contributed by atoms with Gasteiger partial charge in [-0.25, -0.2) is 18.6 Å². The number of alkyl halides is 2. The molecule has 2 amide bonds. The lowest BCUT2D eigenvalue weighted by atomic mass is 9.81. The van der Waals surface area contributed by atoms with Gasteiger partial charge >= 0.3 is 6.09 Å². The predicted molar refractivity (Wildman–Crippen MR) is 165 cm³/mol. The van der Waals surface area contributed by atoms with Gasteiger partial charge in [0.2, 0.25) is 17.7 Å². The lowest BCUT2D eigenvalue weighted by Gasteiger charge is -2.36. The van der Waals surface area contributed by atoms with Gasteiger partial charge in [0, 0.05) is 44.2 Å². The maximum Gasteiger partial charge on any atom is 0.407 e. The number of benzene rings is 1. The van der Waals surface area contributed by atoms with Gasteiger partial charge in [0.1, 0.15) is 5.82 Å². The zero-order valence-corrected chi connectivity index (χ0v) is 26.1. The number of piperidine rings is 1. The van der Waals surface area contributed by atoms with Crippen LogP contribution in [0.3, 0.4) is 0 Å². The highest BCUT2D eigenvalue weighted by atomic mass is 19.3. The van der Waals surface area contributed by atoms with E-state index in [0.29, 0.717) is 75.5 Å². The van der Waals surface area contributed by atoms with Crippen molar-refractivity contribution in [1.29, 1.82) is 0 Å². The number of ether oxygens (including phenoxy) is 3. The number of amides is 2. The number of likely N-dealkylation sites (tertiary alicyclic amines) is 1. The van der Waals surface area contributed by atoms with Crippen LogP contribution in [0, 0.1) is 11.8 Å². The Morgan fingerprint density at radius 2 is 1.74 bits per heavy atom. The highest BCUT2D eigenvalue weighted by Gasteiger charge is 2.32. The number of imidazole rings is 1. The number of para-hydroxylation sites is 2. The summed E-state index contributed by atoms with van der Waals surface area (Å²) in [6.07, 6.45) is 1.46. The molecule has 3 fully saturated rings. The van der Waals surface area contributed by atoms with Crippen molar-refractivity contribution in [1.82, 2.24) is 29.7 Å². The normalized spacial score (nSPS) is 21.0. The van der Waals surface area contributed by atoms with Crippen LogP contribution in [0.4, 0.5) is 19.5 Å². The summed E-state index contributed by atoms with van der Waals surface area (Å²) < 4.78 is 46.4. The SMILES string of the molecule is CCOC(=O)NC1CCN(C(=O)C2CCC(COc3cc(-n4c(C(F)F)nc5ccccc54)nc(N4CCOCC4)n3)CC2)CC1. The smallest absolute Gasteiger partial charge is 0.407 e. The summed E-state index contributed by atoms with van der Waals surface area (Å²) in [5.41, 5.74) is 0.980. The van der Waals surface area contributed by atoms with Crippen LogP contribution in [0.2, 0.25) is 0 Å². The largest absolute Gasteiger partial charge is 0.477 e. The van der Waals surface area contributed by atoms with E-state index >= 15 is 0 Å². The molecule has 2 saturated heterocycles. The minimum atomic E-state index is -2.80. The first-order chi connectivity index (χ1) is 22.4. The molecule has 4 heterocycles. The molecule has 1 saturated carbocycles. The Balaban J connectivity index is 1.09. The molecule has 3 aliphatic rings. The average Bonchev–Trinajstić information content (AvgIpc) is 3.48. The first-order valence-corrected chi connectivity index (χ1v) is 16.2. The van der Waals surface area contributed by atoms with Crippen molar-refractivity contribution in [2.24, 2.45) is 11.8 Å². The molecule has 3 aromatic rings. The topological polar surface area (TPSA) is 124 Å². The molecule has 1 aromatic carbocycles. The summed E-state index contributed by atoms with van der Waals surface area (Å²) in [7, 11) is 0. The number of rotatable bonds is 9. The Kier molecular flexibility index (Phi) is 10.1. The molecule has 1 aliphatic carbocycles. The van der Waals surface area contributed by atoms with Crippen molar-refractivity contribution in [3.63, 3.8) is 0 Å². The molecule has 12 nitrogen and oxygen atoms in total. The molecule has 1 N–H and O–H groups in total. The Bertz CT molecular complexity index is 1500. The molecule has 2 aromatic heterocycles. The fourth-order valence-electron chi connectivity index (χ4n) is 6.55. The van der Waals surface area contributed by atoms with Crippen LogP contribution in [0.25, 0.3) is 16.9 Å². The van der Waals surface area contributed by atoms with E-state index in [0.717, 1.165) is 38.5 Å². The summed E-state index contributed by atoms with van der Waals surface area (Å²) in [6, 6.07) is 8.61. The maximum atomic E-state index is 14.2. The number of nitrogens with one attached hydrogen (secondary N) is 1. The lowest BCUT2D eigenvalue weighted by molar-refractivity contribution is -0.138. The third kappa shape index (κ3) is 7.32. The van der Waals surface area contributed by atoms with Gasteiger partial charge < -0.3 is 29.3 Å². The number of carbonyl (C=O) groups excluding carboxylic acids is 2. The summed E-state index contributed by atoms with van der Waals surface area (Å²) in [5, 5.41) is 2.87. The summed E-state index contributed by atoms with van der Waals surface area (Å²) >= 11 is 0. The molecule has 0 spiro atoms. The number of carbonyl (C=O) groups is 2. The average molecular weight is 642 g/mol. The molecular weight excluding hydrogens is 600 g/mol. The van der Waals surface area contributed by atoms with E-state index in [-0.39, 0.29) is 35.4 Å². The number of aromatic nitrogens is 4. The van der Waals surface area contributed by atoms with Crippen LogP contribution < -0.4 is 15.0 Å². The lowest BCUT2D eigenvalue weighted by Crippen LogP contribution is -2.48. The number of fused-ring (bicyclic) bond motifs is 1. The van der Waals surface area contributed by atoms with Gasteiger partial charge in [-0.2, -0.15) is 9.97 Å². The third-order valence-corrected chi connectivity index (χ3v) is 9.05. The molecular formula is C32H41F2N7O5. The fourth-order valence-corrected chi connectivity index (χ4v) is 6.55. The summed E-state index contributed by atoms with van der Waals surface area (Å²) in [4.78, 5) is 42.4. The van der Waals surface area contributed by atoms with Gasteiger partial charge in [0.05, 0.1) is 37.5 Å². The van der Waals surface area contributed by atoms with Crippen molar-refractivity contribution in [3.05, 3.63) is 36.2 Å². The molecule has 0 atom stereocenters. The van der Waals surface area contributed by atoms with E-state index in [1.807, 2.05) is 9.80 Å². The van der Waals surface area contributed by atoms with Crippen molar-refractivity contribution in [2.45, 2.75) is 57.9 Å². The van der Waals surface area contributed by atoms with Gasteiger partial charge in [-0.05, 0) is 63.5 Å². The molecule has 0 radical (unpaired) electrons. The molecule has 0 bridgehead atoms. The van der Waals surface area contributed by atoms with Crippen molar-refractivity contribution < 1.29 is 32.6 Å². The fraction of sp³-hybridized carbons (Fsp3) is 0.594. The molecule has 14 heteroatoms. The number of alkyl carbamates (subject to hydrolysis) is 1. The van der Waals surface area contributed by atoms with Crippen LogP contribution in [-0.4, -0.2) is 95.1 Å². The van der Waals surface area contributed by atoms with Crippen molar-refractivity contribution in [2.75, 3.05) is 57.5 Å².